The van der Waals surface area contributed by atoms with Crippen LogP contribution in [0.1, 0.15) is 69.2 Å². The lowest BCUT2D eigenvalue weighted by atomic mass is 9.95. The van der Waals surface area contributed by atoms with Crippen LogP contribution in [0.15, 0.2) is 34.0 Å². The highest BCUT2D eigenvalue weighted by molar-refractivity contribution is 7.82. The van der Waals surface area contributed by atoms with E-state index in [1.165, 1.54) is 6.42 Å². The van der Waals surface area contributed by atoms with Crippen molar-refractivity contribution in [2.24, 2.45) is 0 Å². The van der Waals surface area contributed by atoms with Gasteiger partial charge in [-0.1, -0.05) is 43.0 Å². The summed E-state index contributed by atoms with van der Waals surface area (Å²) in [6.07, 6.45) is 7.37. The molecule has 1 aliphatic carbocycles. The highest BCUT2D eigenvalue weighted by Gasteiger charge is 2.29. The average molecular weight is 476 g/mol. The number of hydrogen-bond acceptors (Lipinski definition) is 5. The van der Waals surface area contributed by atoms with Crippen LogP contribution in [-0.4, -0.2) is 43.3 Å². The normalized spacial score (nSPS) is 21.2. The second kappa shape index (κ2) is 10.3. The molecule has 3 N–H and O–H groups in total. The van der Waals surface area contributed by atoms with Crippen molar-refractivity contribution in [3.8, 4) is 0 Å². The van der Waals surface area contributed by atoms with Crippen LogP contribution < -0.4 is 10.9 Å². The maximum atomic E-state index is 13.2. The largest absolute Gasteiger partial charge is 0.367 e. The van der Waals surface area contributed by atoms with Crippen molar-refractivity contribution < 1.29 is 4.21 Å². The molecule has 2 aromatic rings. The fourth-order valence-electron chi connectivity index (χ4n) is 4.62. The molecule has 1 aliphatic heterocycles. The van der Waals surface area contributed by atoms with Crippen LogP contribution in [0.2, 0.25) is 5.02 Å². The summed E-state index contributed by atoms with van der Waals surface area (Å²) in [5.74, 6) is 1.06. The third-order valence-corrected chi connectivity index (χ3v) is 8.26. The summed E-state index contributed by atoms with van der Waals surface area (Å²) >= 11 is 6.26. The van der Waals surface area contributed by atoms with E-state index in [9.17, 15) is 9.00 Å². The van der Waals surface area contributed by atoms with Crippen LogP contribution in [0, 0.1) is 5.41 Å². The summed E-state index contributed by atoms with van der Waals surface area (Å²) in [4.78, 5) is 21.2. The number of H-pyrrole nitrogens is 1. The Hall–Kier alpha value is -2.03. The van der Waals surface area contributed by atoms with Crippen molar-refractivity contribution in [3.63, 3.8) is 0 Å². The highest BCUT2D eigenvalue weighted by atomic mass is 35.5. The lowest BCUT2D eigenvalue weighted by Crippen LogP contribution is -2.37. The van der Waals surface area contributed by atoms with Crippen LogP contribution >= 0.6 is 11.6 Å². The van der Waals surface area contributed by atoms with E-state index in [1.807, 2.05) is 16.4 Å². The van der Waals surface area contributed by atoms with Gasteiger partial charge in [0.1, 0.15) is 28.2 Å². The summed E-state index contributed by atoms with van der Waals surface area (Å²) in [6.45, 7) is 2.84. The van der Waals surface area contributed by atoms with Crippen molar-refractivity contribution in [2.75, 3.05) is 18.4 Å². The molecule has 1 aromatic carbocycles. The van der Waals surface area contributed by atoms with E-state index in [4.69, 9.17) is 22.0 Å². The summed E-state index contributed by atoms with van der Waals surface area (Å²) in [5.41, 5.74) is 0.227. The molecule has 4 rings (SSSR count). The van der Waals surface area contributed by atoms with E-state index >= 15 is 0 Å². The molecular formula is C23H30ClN5O2S. The van der Waals surface area contributed by atoms with Crippen molar-refractivity contribution in [2.45, 2.75) is 68.7 Å². The van der Waals surface area contributed by atoms with Gasteiger partial charge in [0, 0.05) is 30.8 Å². The minimum atomic E-state index is -1.37. The van der Waals surface area contributed by atoms with Gasteiger partial charge in [0.25, 0.3) is 5.56 Å². The van der Waals surface area contributed by atoms with E-state index in [0.717, 1.165) is 38.5 Å². The third-order valence-electron chi connectivity index (χ3n) is 6.29. The zero-order valence-electron chi connectivity index (χ0n) is 18.3. The van der Waals surface area contributed by atoms with Crippen LogP contribution in [-0.2, 0) is 11.0 Å². The van der Waals surface area contributed by atoms with Gasteiger partial charge in [-0.15, -0.1) is 0 Å². The molecule has 0 amide bonds. The number of rotatable bonds is 6. The van der Waals surface area contributed by atoms with Crippen molar-refractivity contribution in [1.82, 2.24) is 14.3 Å². The first-order valence-electron chi connectivity index (χ1n) is 11.3. The molecule has 2 fully saturated rings. The smallest absolute Gasteiger partial charge is 0.262 e. The van der Waals surface area contributed by atoms with Gasteiger partial charge in [-0.3, -0.25) is 4.79 Å². The van der Waals surface area contributed by atoms with E-state index in [2.05, 4.69) is 10.3 Å². The maximum Gasteiger partial charge on any atom is 0.262 e. The molecule has 0 spiro atoms. The molecular weight excluding hydrogens is 446 g/mol. The molecule has 1 saturated carbocycles. The highest BCUT2D eigenvalue weighted by Crippen LogP contribution is 2.30. The van der Waals surface area contributed by atoms with Crippen molar-refractivity contribution in [3.05, 3.63) is 51.0 Å². The summed E-state index contributed by atoms with van der Waals surface area (Å²) < 4.78 is 15.1. The molecule has 0 bridgehead atoms. The molecule has 172 valence electrons. The Bertz CT molecular complexity index is 1070. The number of aromatic amines is 1. The fourth-order valence-corrected chi connectivity index (χ4v) is 6.27. The monoisotopic (exact) mass is 475 g/mol. The number of anilines is 1. The van der Waals surface area contributed by atoms with Gasteiger partial charge >= 0.3 is 0 Å². The number of benzene rings is 1. The first-order valence-corrected chi connectivity index (χ1v) is 12.8. The molecule has 1 saturated heterocycles. The number of nitrogens with one attached hydrogen (secondary N) is 3. The Morgan fingerprint density at radius 1 is 1.22 bits per heavy atom. The Morgan fingerprint density at radius 2 is 1.97 bits per heavy atom. The molecule has 2 atom stereocenters. The molecule has 9 heteroatoms. The molecule has 1 aromatic heterocycles. The SMILES string of the molecule is CC(=N)c1c(NC2CCCCC2)nc(C2CCCN(S(=O)c3ccccc3Cl)C2)[nH]c1=O. The minimum Gasteiger partial charge on any atom is -0.367 e. The molecule has 2 heterocycles. The molecule has 0 radical (unpaired) electrons. The first kappa shape index (κ1) is 23.1. The zero-order valence-corrected chi connectivity index (χ0v) is 19.9. The number of hydrogen-bond donors (Lipinski definition) is 3. The Balaban J connectivity index is 1.59. The first-order chi connectivity index (χ1) is 15.4. The Labute approximate surface area is 196 Å². The van der Waals surface area contributed by atoms with Crippen molar-refractivity contribution >= 4 is 34.1 Å². The van der Waals surface area contributed by atoms with Gasteiger partial charge in [-0.05, 0) is 44.7 Å². The van der Waals surface area contributed by atoms with Crippen LogP contribution in [0.5, 0.6) is 0 Å². The van der Waals surface area contributed by atoms with Gasteiger partial charge < -0.3 is 15.7 Å². The number of piperidine rings is 1. The summed E-state index contributed by atoms with van der Waals surface area (Å²) in [6, 6.07) is 7.47. The molecule has 7 nitrogen and oxygen atoms in total. The summed E-state index contributed by atoms with van der Waals surface area (Å²) in [7, 11) is -1.37. The standard InChI is InChI=1S/C23H30ClN5O2S/c1-15(25)20-22(26-17-9-3-2-4-10-17)27-21(28-23(20)30)16-8-7-13-29(14-16)32(31)19-12-6-5-11-18(19)24/h5-6,11-12,16-17,25H,2-4,7-10,13-14H2,1H3,(H2,26,27,28,30). The predicted octanol–water partition coefficient (Wildman–Crippen LogP) is 4.46. The Kier molecular flexibility index (Phi) is 7.43. The molecule has 2 aliphatic rings. The average Bonchev–Trinajstić information content (AvgIpc) is 2.79. The second-order valence-corrected chi connectivity index (χ2v) is 10.5. The topological polar surface area (TPSA) is 102 Å². The van der Waals surface area contributed by atoms with Gasteiger partial charge in [-0.25, -0.2) is 13.5 Å². The minimum absolute atomic E-state index is 0.0464. The van der Waals surface area contributed by atoms with Crippen molar-refractivity contribution in [1.29, 1.82) is 5.41 Å². The lowest BCUT2D eigenvalue weighted by Gasteiger charge is -2.31. The van der Waals surface area contributed by atoms with Crippen LogP contribution in [0.25, 0.3) is 0 Å². The Morgan fingerprint density at radius 3 is 2.69 bits per heavy atom. The van der Waals surface area contributed by atoms with Gasteiger partial charge in [0.15, 0.2) is 0 Å². The molecule has 32 heavy (non-hydrogen) atoms. The van der Waals surface area contributed by atoms with Crippen LogP contribution in [0.4, 0.5) is 5.82 Å². The quantitative estimate of drug-likeness (QED) is 0.537. The number of aromatic nitrogens is 2. The number of halogens is 1. The van der Waals surface area contributed by atoms with E-state index in [0.29, 0.717) is 40.2 Å². The summed E-state index contributed by atoms with van der Waals surface area (Å²) in [5, 5.41) is 12.0. The molecule has 2 unspecified atom stereocenters. The van der Waals surface area contributed by atoms with Gasteiger partial charge in [0.05, 0.1) is 9.92 Å². The van der Waals surface area contributed by atoms with E-state index in [-0.39, 0.29) is 23.2 Å². The zero-order chi connectivity index (χ0) is 22.7. The second-order valence-electron chi connectivity index (χ2n) is 8.69. The lowest BCUT2D eigenvalue weighted by molar-refractivity contribution is 0.322. The number of nitrogens with zero attached hydrogens (tertiary/aromatic N) is 2. The van der Waals surface area contributed by atoms with E-state index < -0.39 is 11.0 Å². The third kappa shape index (κ3) is 5.13. The van der Waals surface area contributed by atoms with E-state index in [1.54, 1.807) is 19.1 Å². The van der Waals surface area contributed by atoms with Crippen LogP contribution in [0.3, 0.4) is 0 Å². The maximum absolute atomic E-state index is 13.2. The van der Waals surface area contributed by atoms with Gasteiger partial charge in [-0.2, -0.15) is 0 Å². The predicted molar refractivity (Wildman–Crippen MR) is 129 cm³/mol. The fraction of sp³-hybridized carbons (Fsp3) is 0.522. The van der Waals surface area contributed by atoms with Gasteiger partial charge in [0.2, 0.25) is 0 Å².